The zero-order valence-electron chi connectivity index (χ0n) is 15.0. The van der Waals surface area contributed by atoms with E-state index in [1.807, 2.05) is 56.5 Å². The van der Waals surface area contributed by atoms with Crippen LogP contribution in [0.3, 0.4) is 0 Å². The molecule has 0 radical (unpaired) electrons. The summed E-state index contributed by atoms with van der Waals surface area (Å²) in [6.45, 7) is 8.08. The Kier molecular flexibility index (Phi) is 4.65. The van der Waals surface area contributed by atoms with Crippen LogP contribution in [0.15, 0.2) is 47.6 Å². The highest BCUT2D eigenvalue weighted by Crippen LogP contribution is 2.15. The molecule has 5 nitrogen and oxygen atoms in total. The van der Waals surface area contributed by atoms with Crippen LogP contribution in [0.5, 0.6) is 0 Å². The van der Waals surface area contributed by atoms with Gasteiger partial charge in [0, 0.05) is 5.56 Å². The van der Waals surface area contributed by atoms with Crippen molar-refractivity contribution in [1.29, 1.82) is 0 Å². The maximum atomic E-state index is 12.3. The van der Waals surface area contributed by atoms with Gasteiger partial charge in [0.15, 0.2) is 0 Å². The molecule has 1 N–H and O–H groups in total. The number of aryl methyl sites for hydroxylation is 3. The van der Waals surface area contributed by atoms with Crippen molar-refractivity contribution in [3.63, 3.8) is 0 Å². The lowest BCUT2D eigenvalue weighted by Gasteiger charge is -2.08. The number of para-hydroxylation sites is 2. The Balaban J connectivity index is 1.76. The maximum Gasteiger partial charge on any atom is 0.260 e. The van der Waals surface area contributed by atoms with Gasteiger partial charge in [0.2, 0.25) is 0 Å². The van der Waals surface area contributed by atoms with E-state index in [9.17, 15) is 4.79 Å². The molecule has 25 heavy (non-hydrogen) atoms. The number of hydrazone groups is 1. The van der Waals surface area contributed by atoms with Crippen molar-refractivity contribution in [3.8, 4) is 0 Å². The third-order valence-electron chi connectivity index (χ3n) is 4.28. The zero-order chi connectivity index (χ0) is 18.0. The maximum absolute atomic E-state index is 12.3. The number of imidazole rings is 1. The largest absolute Gasteiger partial charge is 0.319 e. The van der Waals surface area contributed by atoms with E-state index in [-0.39, 0.29) is 12.5 Å². The quantitative estimate of drug-likeness (QED) is 0.586. The first-order valence-electron chi connectivity index (χ1n) is 8.28. The van der Waals surface area contributed by atoms with E-state index in [4.69, 9.17) is 0 Å². The van der Waals surface area contributed by atoms with Gasteiger partial charge in [-0.3, -0.25) is 4.79 Å². The van der Waals surface area contributed by atoms with Gasteiger partial charge in [-0.2, -0.15) is 5.10 Å². The SMILES string of the molecule is C/C(=N/NC(=O)Cn1c(C)nc2ccccc21)c1cc(C)ccc1C. The molecule has 0 spiro atoms. The van der Waals surface area contributed by atoms with Crippen molar-refractivity contribution in [2.45, 2.75) is 34.2 Å². The Morgan fingerprint density at radius 3 is 2.72 bits per heavy atom. The van der Waals surface area contributed by atoms with Gasteiger partial charge in [-0.25, -0.2) is 10.4 Å². The van der Waals surface area contributed by atoms with Gasteiger partial charge in [0.1, 0.15) is 12.4 Å². The van der Waals surface area contributed by atoms with E-state index >= 15 is 0 Å². The first-order valence-corrected chi connectivity index (χ1v) is 8.28. The summed E-state index contributed by atoms with van der Waals surface area (Å²) in [7, 11) is 0. The Hall–Kier alpha value is -2.95. The number of carbonyl (C=O) groups excluding carboxylic acids is 1. The number of carbonyl (C=O) groups is 1. The molecule has 128 valence electrons. The lowest BCUT2D eigenvalue weighted by Crippen LogP contribution is -2.24. The molecule has 0 saturated heterocycles. The first-order chi connectivity index (χ1) is 12.0. The average Bonchev–Trinajstić information content (AvgIpc) is 2.90. The van der Waals surface area contributed by atoms with Crippen LogP contribution in [0, 0.1) is 20.8 Å². The Bertz CT molecular complexity index is 969. The predicted molar refractivity (Wildman–Crippen MR) is 101 cm³/mol. The van der Waals surface area contributed by atoms with Crippen LogP contribution >= 0.6 is 0 Å². The molecule has 5 heteroatoms. The standard InChI is InChI=1S/C20H22N4O/c1-13-9-10-14(2)17(11-13)15(3)22-23-20(25)12-24-16(4)21-18-7-5-6-8-19(18)24/h5-11H,12H2,1-4H3,(H,23,25)/b22-15-. The van der Waals surface area contributed by atoms with Gasteiger partial charge in [-0.15, -0.1) is 0 Å². The molecule has 3 aromatic rings. The molecule has 3 rings (SSSR count). The number of nitrogens with zero attached hydrogens (tertiary/aromatic N) is 3. The molecule has 1 aromatic heterocycles. The van der Waals surface area contributed by atoms with Crippen LogP contribution in [0.1, 0.15) is 29.4 Å². The van der Waals surface area contributed by atoms with E-state index in [0.717, 1.165) is 33.7 Å². The first kappa shape index (κ1) is 16.9. The molecular formula is C20H22N4O. The van der Waals surface area contributed by atoms with Crippen LogP contribution in [-0.4, -0.2) is 21.2 Å². The molecule has 0 atom stereocenters. The number of hydrogen-bond donors (Lipinski definition) is 1. The van der Waals surface area contributed by atoms with Crippen molar-refractivity contribution in [1.82, 2.24) is 15.0 Å². The average molecular weight is 334 g/mol. The van der Waals surface area contributed by atoms with Crippen molar-refractivity contribution < 1.29 is 4.79 Å². The molecule has 0 aliphatic rings. The van der Waals surface area contributed by atoms with E-state index in [2.05, 4.69) is 33.7 Å². The fourth-order valence-electron chi connectivity index (χ4n) is 2.91. The summed E-state index contributed by atoms with van der Waals surface area (Å²) in [5.41, 5.74) is 8.64. The van der Waals surface area contributed by atoms with Gasteiger partial charge in [-0.05, 0) is 51.5 Å². The van der Waals surface area contributed by atoms with Crippen LogP contribution in [0.4, 0.5) is 0 Å². The van der Waals surface area contributed by atoms with Gasteiger partial charge in [0.05, 0.1) is 16.7 Å². The minimum atomic E-state index is -0.170. The number of benzene rings is 2. The molecular weight excluding hydrogens is 312 g/mol. The molecule has 1 amide bonds. The monoisotopic (exact) mass is 334 g/mol. The van der Waals surface area contributed by atoms with Crippen LogP contribution in [-0.2, 0) is 11.3 Å². The number of fused-ring (bicyclic) bond motifs is 1. The zero-order valence-corrected chi connectivity index (χ0v) is 15.0. The highest BCUT2D eigenvalue weighted by molar-refractivity contribution is 6.00. The second-order valence-corrected chi connectivity index (χ2v) is 6.28. The van der Waals surface area contributed by atoms with Crippen molar-refractivity contribution in [3.05, 3.63) is 65.0 Å². The van der Waals surface area contributed by atoms with Gasteiger partial charge in [0.25, 0.3) is 5.91 Å². The molecule has 1 heterocycles. The van der Waals surface area contributed by atoms with Gasteiger partial charge < -0.3 is 4.57 Å². The lowest BCUT2D eigenvalue weighted by atomic mass is 10.0. The lowest BCUT2D eigenvalue weighted by molar-refractivity contribution is -0.121. The normalized spacial score (nSPS) is 11.8. The Morgan fingerprint density at radius 1 is 1.16 bits per heavy atom. The smallest absolute Gasteiger partial charge is 0.260 e. The minimum absolute atomic E-state index is 0.170. The van der Waals surface area contributed by atoms with Crippen molar-refractivity contribution in [2.24, 2.45) is 5.10 Å². The van der Waals surface area contributed by atoms with Crippen molar-refractivity contribution in [2.75, 3.05) is 0 Å². The van der Waals surface area contributed by atoms with Crippen LogP contribution < -0.4 is 5.43 Å². The second-order valence-electron chi connectivity index (χ2n) is 6.28. The van der Waals surface area contributed by atoms with Crippen LogP contribution in [0.2, 0.25) is 0 Å². The Labute approximate surface area is 147 Å². The number of nitrogens with one attached hydrogen (secondary N) is 1. The summed E-state index contributed by atoms with van der Waals surface area (Å²) in [5, 5.41) is 4.27. The molecule has 0 saturated carbocycles. The summed E-state index contributed by atoms with van der Waals surface area (Å²) in [5.74, 6) is 0.641. The summed E-state index contributed by atoms with van der Waals surface area (Å²) in [4.78, 5) is 16.8. The van der Waals surface area contributed by atoms with E-state index in [1.165, 1.54) is 5.56 Å². The molecule has 0 unspecified atom stereocenters. The Morgan fingerprint density at radius 2 is 1.92 bits per heavy atom. The van der Waals surface area contributed by atoms with Crippen LogP contribution in [0.25, 0.3) is 11.0 Å². The highest BCUT2D eigenvalue weighted by atomic mass is 16.2. The minimum Gasteiger partial charge on any atom is -0.319 e. The fraction of sp³-hybridized carbons (Fsp3) is 0.250. The van der Waals surface area contributed by atoms with Gasteiger partial charge in [-0.1, -0.05) is 29.8 Å². The summed E-state index contributed by atoms with van der Waals surface area (Å²) in [6, 6.07) is 14.0. The summed E-state index contributed by atoms with van der Waals surface area (Å²) >= 11 is 0. The third kappa shape index (κ3) is 3.60. The second kappa shape index (κ2) is 6.89. The highest BCUT2D eigenvalue weighted by Gasteiger charge is 2.10. The number of rotatable bonds is 4. The predicted octanol–water partition coefficient (Wildman–Crippen LogP) is 3.50. The number of aromatic nitrogens is 2. The van der Waals surface area contributed by atoms with Crippen molar-refractivity contribution >= 4 is 22.7 Å². The van der Waals surface area contributed by atoms with E-state index < -0.39 is 0 Å². The summed E-state index contributed by atoms with van der Waals surface area (Å²) < 4.78 is 1.90. The molecule has 0 fully saturated rings. The molecule has 0 aliphatic carbocycles. The number of amides is 1. The third-order valence-corrected chi connectivity index (χ3v) is 4.28. The van der Waals surface area contributed by atoms with Gasteiger partial charge >= 0.3 is 0 Å². The van der Waals surface area contributed by atoms with E-state index in [1.54, 1.807) is 0 Å². The number of hydrogen-bond acceptors (Lipinski definition) is 3. The van der Waals surface area contributed by atoms with E-state index in [0.29, 0.717) is 0 Å². The topological polar surface area (TPSA) is 59.3 Å². The molecule has 0 aliphatic heterocycles. The molecule has 0 bridgehead atoms. The fourth-order valence-corrected chi connectivity index (χ4v) is 2.91. The molecule has 2 aromatic carbocycles. The summed E-state index contributed by atoms with van der Waals surface area (Å²) in [6.07, 6.45) is 0.